The zero-order valence-electron chi connectivity index (χ0n) is 20.9. The molecule has 5 fully saturated rings. The highest BCUT2D eigenvalue weighted by atomic mass is 19.1. The van der Waals surface area contributed by atoms with E-state index in [1.807, 2.05) is 17.0 Å². The molecule has 3 atom stereocenters. The molecule has 5 aliphatic rings. The Balaban J connectivity index is 1.12. The quantitative estimate of drug-likeness (QED) is 0.569. The number of carbonyl (C=O) groups excluding carboxylic acids is 1. The summed E-state index contributed by atoms with van der Waals surface area (Å²) in [6.07, 6.45) is 4.65. The van der Waals surface area contributed by atoms with Crippen molar-refractivity contribution in [2.45, 2.75) is 56.7 Å². The van der Waals surface area contributed by atoms with Gasteiger partial charge in [0.15, 0.2) is 0 Å². The van der Waals surface area contributed by atoms with Crippen molar-refractivity contribution in [1.82, 2.24) is 10.3 Å². The first kappa shape index (κ1) is 24.2. The molecule has 7 rings (SSSR count). The smallest absolute Gasteiger partial charge is 0.338 e. The second-order valence-electron chi connectivity index (χ2n) is 11.5. The minimum absolute atomic E-state index is 0.0481. The van der Waals surface area contributed by atoms with Crippen LogP contribution < -0.4 is 15.1 Å². The van der Waals surface area contributed by atoms with Gasteiger partial charge in [-0.2, -0.15) is 0 Å². The lowest BCUT2D eigenvalue weighted by Gasteiger charge is -2.58. The molecule has 2 aromatic rings. The highest BCUT2D eigenvalue weighted by Gasteiger charge is 2.55. The number of halogens is 1. The Bertz CT molecular complexity index is 1220. The van der Waals surface area contributed by atoms with Gasteiger partial charge >= 0.3 is 5.97 Å². The van der Waals surface area contributed by atoms with Crippen LogP contribution in [0.4, 0.5) is 15.9 Å². The fourth-order valence-electron chi connectivity index (χ4n) is 7.56. The van der Waals surface area contributed by atoms with E-state index in [2.05, 4.69) is 17.1 Å². The van der Waals surface area contributed by atoms with E-state index in [1.165, 1.54) is 12.1 Å². The van der Waals surface area contributed by atoms with Crippen molar-refractivity contribution in [2.75, 3.05) is 29.4 Å². The molecule has 1 aliphatic heterocycles. The molecule has 2 heterocycles. The largest absolute Gasteiger partial charge is 0.478 e. The summed E-state index contributed by atoms with van der Waals surface area (Å²) in [4.78, 5) is 33.2. The average Bonchev–Trinajstić information content (AvgIpc) is 2.85. The Labute approximate surface area is 215 Å². The average molecular weight is 509 g/mol. The van der Waals surface area contributed by atoms with Gasteiger partial charge in [0.2, 0.25) is 0 Å². The first-order valence-electron chi connectivity index (χ1n) is 13.2. The van der Waals surface area contributed by atoms with Gasteiger partial charge < -0.3 is 25.3 Å². The SMILES string of the molecule is C[C@@H]1CN(c2ccc(C(=O)O)c(F)c2)CCN1c1cccc(C(=O)NC2[C@@H]3CC4C[C@@H]2CC(O)(C4)C3)n1. The molecule has 4 aliphatic carbocycles. The van der Waals surface area contributed by atoms with Gasteiger partial charge in [-0.3, -0.25) is 4.79 Å². The Hall–Kier alpha value is -3.20. The molecule has 1 saturated heterocycles. The summed E-state index contributed by atoms with van der Waals surface area (Å²) in [5, 5.41) is 23.2. The number of carboxylic acids is 1. The number of carboxylic acid groups (broad SMARTS) is 1. The second kappa shape index (κ2) is 8.97. The first-order chi connectivity index (χ1) is 17.7. The van der Waals surface area contributed by atoms with Crippen LogP contribution in [0.25, 0.3) is 0 Å². The maximum atomic E-state index is 14.2. The van der Waals surface area contributed by atoms with Gasteiger partial charge in [-0.25, -0.2) is 14.2 Å². The van der Waals surface area contributed by atoms with E-state index in [-0.39, 0.29) is 23.6 Å². The van der Waals surface area contributed by atoms with Gasteiger partial charge in [-0.15, -0.1) is 0 Å². The van der Waals surface area contributed by atoms with Crippen molar-refractivity contribution in [2.24, 2.45) is 17.8 Å². The van der Waals surface area contributed by atoms with Crippen molar-refractivity contribution in [1.29, 1.82) is 0 Å². The minimum atomic E-state index is -1.28. The van der Waals surface area contributed by atoms with Crippen LogP contribution in [0.3, 0.4) is 0 Å². The van der Waals surface area contributed by atoms with Crippen LogP contribution in [0.2, 0.25) is 0 Å². The molecule has 9 heteroatoms. The van der Waals surface area contributed by atoms with Crippen molar-refractivity contribution in [3.63, 3.8) is 0 Å². The van der Waals surface area contributed by atoms with Crippen LogP contribution in [0.1, 0.15) is 59.9 Å². The van der Waals surface area contributed by atoms with Gasteiger partial charge in [-0.1, -0.05) is 6.07 Å². The highest BCUT2D eigenvalue weighted by Crippen LogP contribution is 2.55. The van der Waals surface area contributed by atoms with Gasteiger partial charge in [0.25, 0.3) is 5.91 Å². The molecule has 0 unspecified atom stereocenters. The minimum Gasteiger partial charge on any atom is -0.478 e. The fourth-order valence-corrected chi connectivity index (χ4v) is 7.56. The highest BCUT2D eigenvalue weighted by molar-refractivity contribution is 5.93. The van der Waals surface area contributed by atoms with E-state index in [0.29, 0.717) is 48.8 Å². The number of nitrogens with one attached hydrogen (secondary N) is 1. The number of piperazine rings is 1. The molecule has 0 spiro atoms. The Kier molecular flexibility index (Phi) is 5.86. The summed E-state index contributed by atoms with van der Waals surface area (Å²) in [5.41, 5.74) is 0.179. The first-order valence-corrected chi connectivity index (χ1v) is 13.2. The number of aromatic nitrogens is 1. The molecular weight excluding hydrogens is 475 g/mol. The molecule has 196 valence electrons. The molecule has 1 aromatic carbocycles. The summed E-state index contributed by atoms with van der Waals surface area (Å²) in [6.45, 7) is 3.92. The number of nitrogens with zero attached hydrogens (tertiary/aromatic N) is 3. The standard InChI is InChI=1S/C28H33FN4O4/c1-16-15-32(20-5-6-21(27(35)36)22(29)11-20)7-8-33(16)24-4-2-3-23(30-24)26(34)31-25-18-9-17-10-19(25)14-28(37,12-17)13-18/h2-6,11,16-19,25,37H,7-10,12-15H2,1H3,(H,31,34)(H,35,36)/t16-,17?,18-,19-,25?,28?/m1/s1. The summed E-state index contributed by atoms with van der Waals surface area (Å²) in [7, 11) is 0. The van der Waals surface area contributed by atoms with Gasteiger partial charge in [-0.05, 0) is 87.1 Å². The predicted molar refractivity (Wildman–Crippen MR) is 136 cm³/mol. The Morgan fingerprint density at radius 3 is 2.51 bits per heavy atom. The van der Waals surface area contributed by atoms with Gasteiger partial charge in [0.1, 0.15) is 17.3 Å². The number of aromatic carboxylic acids is 1. The van der Waals surface area contributed by atoms with E-state index >= 15 is 0 Å². The van der Waals surface area contributed by atoms with Gasteiger partial charge in [0, 0.05) is 37.4 Å². The number of aliphatic hydroxyl groups is 1. The predicted octanol–water partition coefficient (Wildman–Crippen LogP) is 3.30. The molecular formula is C28H33FN4O4. The van der Waals surface area contributed by atoms with E-state index in [1.54, 1.807) is 12.1 Å². The molecule has 3 N–H and O–H groups in total. The number of anilines is 2. The Morgan fingerprint density at radius 1 is 1.11 bits per heavy atom. The summed E-state index contributed by atoms with van der Waals surface area (Å²) < 4.78 is 14.2. The monoisotopic (exact) mass is 508 g/mol. The lowest BCUT2D eigenvalue weighted by atomic mass is 9.52. The number of amides is 1. The van der Waals surface area contributed by atoms with Crippen LogP contribution in [-0.2, 0) is 0 Å². The lowest BCUT2D eigenvalue weighted by Crippen LogP contribution is -2.61. The van der Waals surface area contributed by atoms with E-state index in [4.69, 9.17) is 10.1 Å². The third kappa shape index (κ3) is 4.43. The van der Waals surface area contributed by atoms with Crippen molar-refractivity contribution >= 4 is 23.4 Å². The van der Waals surface area contributed by atoms with Crippen molar-refractivity contribution in [3.05, 3.63) is 53.5 Å². The van der Waals surface area contributed by atoms with Crippen LogP contribution in [-0.4, -0.2) is 64.4 Å². The van der Waals surface area contributed by atoms with Gasteiger partial charge in [0.05, 0.1) is 11.2 Å². The van der Waals surface area contributed by atoms with E-state index in [0.717, 1.165) is 37.9 Å². The summed E-state index contributed by atoms with van der Waals surface area (Å²) >= 11 is 0. The molecule has 37 heavy (non-hydrogen) atoms. The number of pyridine rings is 1. The maximum absolute atomic E-state index is 14.2. The molecule has 1 aromatic heterocycles. The molecule has 1 amide bonds. The molecule has 4 saturated carbocycles. The van der Waals surface area contributed by atoms with Crippen LogP contribution >= 0.6 is 0 Å². The van der Waals surface area contributed by atoms with Crippen molar-refractivity contribution < 1.29 is 24.2 Å². The zero-order valence-corrected chi connectivity index (χ0v) is 20.9. The lowest BCUT2D eigenvalue weighted by molar-refractivity contribution is -0.136. The molecule has 0 radical (unpaired) electrons. The maximum Gasteiger partial charge on any atom is 0.338 e. The number of hydrogen-bond acceptors (Lipinski definition) is 6. The van der Waals surface area contributed by atoms with Crippen LogP contribution in [0.5, 0.6) is 0 Å². The zero-order chi connectivity index (χ0) is 25.9. The number of carbonyl (C=O) groups is 2. The number of rotatable bonds is 5. The number of benzene rings is 1. The van der Waals surface area contributed by atoms with Crippen molar-refractivity contribution in [3.8, 4) is 0 Å². The second-order valence-corrected chi connectivity index (χ2v) is 11.5. The fraction of sp³-hybridized carbons (Fsp3) is 0.536. The Morgan fingerprint density at radius 2 is 1.86 bits per heavy atom. The summed E-state index contributed by atoms with van der Waals surface area (Å²) in [6, 6.07) is 9.88. The molecule has 8 nitrogen and oxygen atoms in total. The third-order valence-corrected chi connectivity index (χ3v) is 8.98. The van der Waals surface area contributed by atoms with E-state index < -0.39 is 17.4 Å². The summed E-state index contributed by atoms with van der Waals surface area (Å²) in [5.74, 6) is -0.189. The third-order valence-electron chi connectivity index (χ3n) is 8.98. The van der Waals surface area contributed by atoms with E-state index in [9.17, 15) is 19.1 Å². The number of hydrogen-bond donors (Lipinski definition) is 3. The topological polar surface area (TPSA) is 106 Å². The van der Waals surface area contributed by atoms with Crippen LogP contribution in [0, 0.1) is 23.6 Å². The normalized spacial score (nSPS) is 32.5. The molecule has 4 bridgehead atoms. The van der Waals surface area contributed by atoms with Crippen LogP contribution in [0.15, 0.2) is 36.4 Å².